The quantitative estimate of drug-likeness (QED) is 0.301. The van der Waals surface area contributed by atoms with E-state index in [0.29, 0.717) is 13.1 Å². The van der Waals surface area contributed by atoms with Gasteiger partial charge in [-0.15, -0.1) is 24.0 Å². The van der Waals surface area contributed by atoms with Crippen LogP contribution in [0.2, 0.25) is 0 Å². The Morgan fingerprint density at radius 3 is 2.54 bits per heavy atom. The van der Waals surface area contributed by atoms with Gasteiger partial charge in [-0.1, -0.05) is 12.1 Å². The highest BCUT2D eigenvalue weighted by Gasteiger charge is 2.04. The summed E-state index contributed by atoms with van der Waals surface area (Å²) < 4.78 is 8.18. The highest BCUT2D eigenvalue weighted by molar-refractivity contribution is 14.0. The van der Waals surface area contributed by atoms with Crippen LogP contribution in [0.15, 0.2) is 58.3 Å². The van der Waals surface area contributed by atoms with Gasteiger partial charge in [-0.25, -0.2) is 4.98 Å². The third-order valence-corrected chi connectivity index (χ3v) is 4.21. The lowest BCUT2D eigenvalue weighted by molar-refractivity contribution is 0.414. The van der Waals surface area contributed by atoms with Crippen molar-refractivity contribution < 1.29 is 4.74 Å². The van der Waals surface area contributed by atoms with Crippen molar-refractivity contribution in [2.75, 3.05) is 14.2 Å². The van der Waals surface area contributed by atoms with E-state index in [2.05, 4.69) is 36.5 Å². The highest BCUT2D eigenvalue weighted by atomic mass is 127. The number of nitrogens with one attached hydrogen (secondary N) is 2. The standard InChI is InChI=1S/C18H20BrN5O.HI/c1-20-18(21-9-13-3-6-16(25-2)7-4-13)22-10-15-12-24-11-14(19)5-8-17(24)23-15;/h3-8,11-12H,9-10H2,1-2H3,(H2,20,21,22);1H. The summed E-state index contributed by atoms with van der Waals surface area (Å²) in [6.45, 7) is 1.28. The summed E-state index contributed by atoms with van der Waals surface area (Å²) in [5, 5.41) is 6.57. The van der Waals surface area contributed by atoms with Crippen LogP contribution in [0.3, 0.4) is 0 Å². The molecule has 0 fully saturated rings. The molecule has 0 aliphatic heterocycles. The van der Waals surface area contributed by atoms with Gasteiger partial charge < -0.3 is 19.8 Å². The average molecular weight is 530 g/mol. The van der Waals surface area contributed by atoms with Gasteiger partial charge in [0.25, 0.3) is 0 Å². The lowest BCUT2D eigenvalue weighted by atomic mass is 10.2. The number of aromatic nitrogens is 2. The zero-order chi connectivity index (χ0) is 17.6. The van der Waals surface area contributed by atoms with Crippen LogP contribution in [0, 0.1) is 0 Å². The summed E-state index contributed by atoms with van der Waals surface area (Å²) in [7, 11) is 3.42. The maximum absolute atomic E-state index is 5.17. The van der Waals surface area contributed by atoms with Crippen molar-refractivity contribution in [3.63, 3.8) is 0 Å². The molecule has 26 heavy (non-hydrogen) atoms. The highest BCUT2D eigenvalue weighted by Crippen LogP contribution is 2.13. The molecule has 2 N–H and O–H groups in total. The topological polar surface area (TPSA) is 63.0 Å². The largest absolute Gasteiger partial charge is 0.497 e. The molecule has 0 aliphatic carbocycles. The molecule has 0 saturated carbocycles. The first kappa shape index (κ1) is 20.5. The summed E-state index contributed by atoms with van der Waals surface area (Å²) in [5.41, 5.74) is 3.02. The number of pyridine rings is 1. The van der Waals surface area contributed by atoms with Gasteiger partial charge in [0.15, 0.2) is 5.96 Å². The number of hydrogen-bond acceptors (Lipinski definition) is 3. The van der Waals surface area contributed by atoms with Gasteiger partial charge in [-0.2, -0.15) is 0 Å². The number of methoxy groups -OCH3 is 1. The molecule has 2 aromatic heterocycles. The molecule has 0 aliphatic rings. The van der Waals surface area contributed by atoms with E-state index >= 15 is 0 Å². The number of nitrogens with zero attached hydrogens (tertiary/aromatic N) is 3. The van der Waals surface area contributed by atoms with Gasteiger partial charge in [0.2, 0.25) is 0 Å². The molecule has 1 aromatic carbocycles. The van der Waals surface area contributed by atoms with E-state index in [1.54, 1.807) is 14.2 Å². The number of rotatable bonds is 5. The Morgan fingerprint density at radius 2 is 1.85 bits per heavy atom. The monoisotopic (exact) mass is 529 g/mol. The number of halogens is 2. The fourth-order valence-corrected chi connectivity index (χ4v) is 2.78. The molecule has 6 nitrogen and oxygen atoms in total. The maximum atomic E-state index is 5.17. The number of benzene rings is 1. The molecule has 8 heteroatoms. The molecule has 2 heterocycles. The van der Waals surface area contributed by atoms with Crippen molar-refractivity contribution in [1.82, 2.24) is 20.0 Å². The predicted octanol–water partition coefficient (Wildman–Crippen LogP) is 3.59. The second kappa shape index (κ2) is 9.77. The first-order valence-electron chi connectivity index (χ1n) is 7.88. The maximum Gasteiger partial charge on any atom is 0.191 e. The van der Waals surface area contributed by atoms with Crippen LogP contribution in [0.25, 0.3) is 5.65 Å². The Balaban J connectivity index is 0.00000243. The molecular formula is C18H21BrIN5O. The molecule has 0 atom stereocenters. The van der Waals surface area contributed by atoms with Crippen molar-refractivity contribution in [3.05, 3.63) is 64.5 Å². The van der Waals surface area contributed by atoms with Crippen LogP contribution in [-0.4, -0.2) is 29.5 Å². The Hall–Kier alpha value is -1.81. The molecule has 0 bridgehead atoms. The third-order valence-electron chi connectivity index (χ3n) is 3.74. The van der Waals surface area contributed by atoms with Gasteiger partial charge in [0.05, 0.1) is 19.3 Å². The fraction of sp³-hybridized carbons (Fsp3) is 0.222. The van der Waals surface area contributed by atoms with Crippen LogP contribution >= 0.6 is 39.9 Å². The van der Waals surface area contributed by atoms with Crippen LogP contribution in [0.1, 0.15) is 11.3 Å². The summed E-state index contributed by atoms with van der Waals surface area (Å²) in [4.78, 5) is 8.83. The minimum absolute atomic E-state index is 0. The van der Waals surface area contributed by atoms with Crippen molar-refractivity contribution in [1.29, 1.82) is 0 Å². The predicted molar refractivity (Wildman–Crippen MR) is 118 cm³/mol. The van der Waals surface area contributed by atoms with E-state index in [-0.39, 0.29) is 24.0 Å². The summed E-state index contributed by atoms with van der Waals surface area (Å²) in [6, 6.07) is 11.9. The summed E-state index contributed by atoms with van der Waals surface area (Å²) in [5.74, 6) is 1.58. The molecule has 0 saturated heterocycles. The van der Waals surface area contributed by atoms with Crippen molar-refractivity contribution in [2.24, 2.45) is 4.99 Å². The molecule has 0 amide bonds. The first-order valence-corrected chi connectivity index (χ1v) is 8.68. The molecule has 0 unspecified atom stereocenters. The Kier molecular flexibility index (Phi) is 7.70. The van der Waals surface area contributed by atoms with Gasteiger partial charge >= 0.3 is 0 Å². The van der Waals surface area contributed by atoms with Crippen molar-refractivity contribution >= 4 is 51.5 Å². The molecule has 0 radical (unpaired) electrons. The average Bonchev–Trinajstić information content (AvgIpc) is 3.04. The van der Waals surface area contributed by atoms with Gasteiger partial charge in [-0.05, 0) is 45.8 Å². The lowest BCUT2D eigenvalue weighted by Crippen LogP contribution is -2.36. The zero-order valence-corrected chi connectivity index (χ0v) is 18.5. The van der Waals surface area contributed by atoms with Crippen LogP contribution < -0.4 is 15.4 Å². The van der Waals surface area contributed by atoms with E-state index in [1.807, 2.05) is 53.2 Å². The number of imidazole rings is 1. The first-order chi connectivity index (χ1) is 12.2. The molecule has 138 valence electrons. The Morgan fingerprint density at radius 1 is 1.12 bits per heavy atom. The minimum Gasteiger partial charge on any atom is -0.497 e. The van der Waals surface area contributed by atoms with E-state index in [4.69, 9.17) is 4.74 Å². The fourth-order valence-electron chi connectivity index (χ4n) is 2.43. The van der Waals surface area contributed by atoms with Gasteiger partial charge in [0.1, 0.15) is 11.4 Å². The molecule has 0 spiro atoms. The smallest absolute Gasteiger partial charge is 0.191 e. The van der Waals surface area contributed by atoms with E-state index in [0.717, 1.165) is 33.1 Å². The van der Waals surface area contributed by atoms with Crippen LogP contribution in [0.4, 0.5) is 0 Å². The SMILES string of the molecule is CN=C(NCc1ccc(OC)cc1)NCc1cn2cc(Br)ccc2n1.I. The van der Waals surface area contributed by atoms with E-state index < -0.39 is 0 Å². The van der Waals surface area contributed by atoms with Crippen LogP contribution in [0.5, 0.6) is 5.75 Å². The minimum atomic E-state index is 0. The zero-order valence-electron chi connectivity index (χ0n) is 14.6. The second-order valence-electron chi connectivity index (χ2n) is 5.47. The molecule has 3 aromatic rings. The normalized spacial score (nSPS) is 11.1. The second-order valence-corrected chi connectivity index (χ2v) is 6.39. The van der Waals surface area contributed by atoms with E-state index in [9.17, 15) is 0 Å². The number of fused-ring (bicyclic) bond motifs is 1. The summed E-state index contributed by atoms with van der Waals surface area (Å²) in [6.07, 6.45) is 3.99. The van der Waals surface area contributed by atoms with E-state index in [1.165, 1.54) is 0 Å². The number of guanidine groups is 1. The van der Waals surface area contributed by atoms with Gasteiger partial charge in [-0.3, -0.25) is 4.99 Å². The number of ether oxygens (including phenoxy) is 1. The summed E-state index contributed by atoms with van der Waals surface area (Å²) >= 11 is 3.47. The number of hydrogen-bond donors (Lipinski definition) is 2. The molecular weight excluding hydrogens is 509 g/mol. The van der Waals surface area contributed by atoms with Crippen LogP contribution in [-0.2, 0) is 13.1 Å². The van der Waals surface area contributed by atoms with Crippen molar-refractivity contribution in [3.8, 4) is 5.75 Å². The van der Waals surface area contributed by atoms with Gasteiger partial charge in [0, 0.05) is 30.5 Å². The lowest BCUT2D eigenvalue weighted by Gasteiger charge is -2.11. The Bertz CT molecular complexity index is 879. The third kappa shape index (κ3) is 5.34. The Labute approximate surface area is 178 Å². The molecule has 3 rings (SSSR count). The van der Waals surface area contributed by atoms with Crippen molar-refractivity contribution in [2.45, 2.75) is 13.1 Å². The number of aliphatic imine (C=N–C) groups is 1.